The Morgan fingerprint density at radius 3 is 2.06 bits per heavy atom. The van der Waals surface area contributed by atoms with E-state index in [1.807, 2.05) is 0 Å². The van der Waals surface area contributed by atoms with Crippen molar-refractivity contribution in [3.63, 3.8) is 0 Å². The zero-order chi connectivity index (χ0) is 26.2. The fourth-order valence-electron chi connectivity index (χ4n) is 8.23. The van der Waals surface area contributed by atoms with Crippen LogP contribution in [0.3, 0.4) is 0 Å². The molecule has 1 N–H and O–H groups in total. The molecule has 0 aromatic heterocycles. The Labute approximate surface area is 204 Å². The number of esters is 3. The van der Waals surface area contributed by atoms with Crippen LogP contribution in [-0.4, -0.2) is 59.0 Å². The Kier molecular flexibility index (Phi) is 5.82. The fraction of sp³-hybridized carbons (Fsp3) is 0.731. The highest BCUT2D eigenvalue weighted by atomic mass is 16.6. The first-order valence-electron chi connectivity index (χ1n) is 12.1. The van der Waals surface area contributed by atoms with Gasteiger partial charge in [0.05, 0.1) is 11.5 Å². The van der Waals surface area contributed by atoms with Crippen molar-refractivity contribution in [2.45, 2.75) is 85.2 Å². The van der Waals surface area contributed by atoms with Crippen LogP contribution in [0.5, 0.6) is 0 Å². The maximum Gasteiger partial charge on any atom is 0.302 e. The van der Waals surface area contributed by atoms with E-state index < -0.39 is 76.3 Å². The van der Waals surface area contributed by atoms with Crippen LogP contribution in [0.1, 0.15) is 60.8 Å². The summed E-state index contributed by atoms with van der Waals surface area (Å²) in [6.45, 7) is 13.1. The van der Waals surface area contributed by atoms with E-state index in [1.165, 1.54) is 20.8 Å². The molecule has 4 fully saturated rings. The summed E-state index contributed by atoms with van der Waals surface area (Å²) in [6, 6.07) is 0. The third kappa shape index (κ3) is 3.33. The molecule has 2 bridgehead atoms. The largest absolute Gasteiger partial charge is 0.462 e. The molecule has 9 atom stereocenters. The maximum absolute atomic E-state index is 14.0. The van der Waals surface area contributed by atoms with Gasteiger partial charge >= 0.3 is 17.9 Å². The van der Waals surface area contributed by atoms with E-state index in [1.54, 1.807) is 20.8 Å². The molecule has 0 radical (unpaired) electrons. The van der Waals surface area contributed by atoms with Crippen molar-refractivity contribution >= 4 is 29.5 Å². The lowest BCUT2D eigenvalue weighted by Crippen LogP contribution is -2.73. The predicted octanol–water partition coefficient (Wildman–Crippen LogP) is 1.93. The number of carbonyl (C=O) groups is 5. The molecule has 4 aliphatic carbocycles. The molecule has 9 heteroatoms. The van der Waals surface area contributed by atoms with Gasteiger partial charge in [0.25, 0.3) is 0 Å². The summed E-state index contributed by atoms with van der Waals surface area (Å²) in [4.78, 5) is 64.4. The molecule has 0 saturated heterocycles. The van der Waals surface area contributed by atoms with Gasteiger partial charge in [0.2, 0.25) is 0 Å². The van der Waals surface area contributed by atoms with Gasteiger partial charge in [-0.3, -0.25) is 24.0 Å². The fourth-order valence-corrected chi connectivity index (χ4v) is 8.23. The molecule has 0 aromatic rings. The number of ether oxygens (including phenoxy) is 3. The number of aliphatic hydroxyl groups excluding tert-OH is 1. The highest BCUT2D eigenvalue weighted by Crippen LogP contribution is 2.71. The minimum absolute atomic E-state index is 0.0447. The van der Waals surface area contributed by atoms with E-state index in [-0.39, 0.29) is 36.4 Å². The van der Waals surface area contributed by atoms with Crippen LogP contribution in [-0.2, 0) is 38.2 Å². The van der Waals surface area contributed by atoms with Gasteiger partial charge in [-0.25, -0.2) is 0 Å². The second-order valence-corrected chi connectivity index (χ2v) is 11.5. The molecule has 4 aliphatic rings. The van der Waals surface area contributed by atoms with Crippen molar-refractivity contribution in [1.29, 1.82) is 0 Å². The van der Waals surface area contributed by atoms with Crippen LogP contribution in [0.25, 0.3) is 0 Å². The zero-order valence-electron chi connectivity index (χ0n) is 21.1. The Hall–Kier alpha value is -2.55. The Morgan fingerprint density at radius 2 is 1.51 bits per heavy atom. The molecule has 35 heavy (non-hydrogen) atoms. The van der Waals surface area contributed by atoms with Gasteiger partial charge in [0.15, 0.2) is 5.78 Å². The molecule has 1 spiro atoms. The third-order valence-electron chi connectivity index (χ3n) is 9.18. The summed E-state index contributed by atoms with van der Waals surface area (Å²) in [5, 5.41) is 11.0. The Bertz CT molecular complexity index is 1030. The molecule has 0 aliphatic heterocycles. The molecule has 0 heterocycles. The number of hydrogen-bond donors (Lipinski definition) is 1. The van der Waals surface area contributed by atoms with Crippen LogP contribution in [0.15, 0.2) is 12.2 Å². The summed E-state index contributed by atoms with van der Waals surface area (Å²) >= 11 is 0. The first-order chi connectivity index (χ1) is 16.1. The summed E-state index contributed by atoms with van der Waals surface area (Å²) in [5.74, 6) is -4.64. The molecule has 192 valence electrons. The van der Waals surface area contributed by atoms with E-state index in [2.05, 4.69) is 6.58 Å². The summed E-state index contributed by atoms with van der Waals surface area (Å²) in [6.07, 6.45) is -3.67. The average molecular weight is 491 g/mol. The van der Waals surface area contributed by atoms with Gasteiger partial charge in [0.1, 0.15) is 24.1 Å². The lowest BCUT2D eigenvalue weighted by molar-refractivity contribution is -0.261. The molecular weight excluding hydrogens is 456 g/mol. The van der Waals surface area contributed by atoms with Crippen molar-refractivity contribution in [1.82, 2.24) is 0 Å². The lowest BCUT2D eigenvalue weighted by atomic mass is 9.38. The van der Waals surface area contributed by atoms with E-state index in [0.717, 1.165) is 0 Å². The zero-order valence-corrected chi connectivity index (χ0v) is 21.1. The number of ketones is 2. The predicted molar refractivity (Wildman–Crippen MR) is 120 cm³/mol. The second kappa shape index (κ2) is 7.98. The molecule has 0 amide bonds. The molecule has 4 saturated carbocycles. The van der Waals surface area contributed by atoms with Crippen molar-refractivity contribution in [3.05, 3.63) is 12.2 Å². The summed E-state index contributed by atoms with van der Waals surface area (Å²) in [7, 11) is 0. The third-order valence-corrected chi connectivity index (χ3v) is 9.18. The molecule has 4 rings (SSSR count). The summed E-state index contributed by atoms with van der Waals surface area (Å²) in [5.41, 5.74) is -3.39. The molecular formula is C26H34O9. The minimum atomic E-state index is -1.51. The van der Waals surface area contributed by atoms with Gasteiger partial charge in [-0.1, -0.05) is 27.4 Å². The minimum Gasteiger partial charge on any atom is -0.462 e. The van der Waals surface area contributed by atoms with Gasteiger partial charge in [-0.05, 0) is 12.0 Å². The van der Waals surface area contributed by atoms with E-state index in [0.29, 0.717) is 0 Å². The van der Waals surface area contributed by atoms with E-state index in [4.69, 9.17) is 14.2 Å². The van der Waals surface area contributed by atoms with Crippen molar-refractivity contribution in [3.8, 4) is 0 Å². The SMILES string of the molecule is C=C1C(=O)[C@@]23CC(=O)[C@@H]4C(C)(C)[C@@H](O)C[C@@H](OC(C)=O)[C@@]4(C)[C@@H]2[C@H](OC(C)=O)C[C@H]1[C@H]3OC(C)=O. The molecule has 0 aromatic carbocycles. The quantitative estimate of drug-likeness (QED) is 0.358. The number of hydrogen-bond acceptors (Lipinski definition) is 9. The first-order valence-corrected chi connectivity index (χ1v) is 12.1. The number of carbonyl (C=O) groups excluding carboxylic acids is 5. The van der Waals surface area contributed by atoms with Gasteiger partial charge in [-0.2, -0.15) is 0 Å². The average Bonchev–Trinajstić information content (AvgIpc) is 2.81. The van der Waals surface area contributed by atoms with Gasteiger partial charge in [-0.15, -0.1) is 0 Å². The number of aliphatic hydroxyl groups is 1. The summed E-state index contributed by atoms with van der Waals surface area (Å²) < 4.78 is 17.2. The topological polar surface area (TPSA) is 133 Å². The molecule has 9 nitrogen and oxygen atoms in total. The van der Waals surface area contributed by atoms with Gasteiger partial charge in [0, 0.05) is 62.2 Å². The van der Waals surface area contributed by atoms with Crippen molar-refractivity contribution in [2.75, 3.05) is 0 Å². The van der Waals surface area contributed by atoms with Gasteiger partial charge < -0.3 is 19.3 Å². The molecule has 0 unspecified atom stereocenters. The maximum atomic E-state index is 14.0. The van der Waals surface area contributed by atoms with Crippen LogP contribution >= 0.6 is 0 Å². The van der Waals surface area contributed by atoms with Crippen molar-refractivity contribution in [2.24, 2.45) is 34.0 Å². The van der Waals surface area contributed by atoms with Crippen LogP contribution in [0.2, 0.25) is 0 Å². The normalized spacial score (nSPS) is 43.6. The van der Waals surface area contributed by atoms with E-state index in [9.17, 15) is 29.1 Å². The second-order valence-electron chi connectivity index (χ2n) is 11.5. The van der Waals surface area contributed by atoms with Crippen molar-refractivity contribution < 1.29 is 43.3 Å². The number of rotatable bonds is 3. The van der Waals surface area contributed by atoms with Crippen LogP contribution < -0.4 is 0 Å². The highest BCUT2D eigenvalue weighted by molar-refractivity contribution is 6.07. The van der Waals surface area contributed by atoms with E-state index >= 15 is 0 Å². The Morgan fingerprint density at radius 1 is 0.943 bits per heavy atom. The van der Waals surface area contributed by atoms with Crippen LogP contribution in [0.4, 0.5) is 0 Å². The smallest absolute Gasteiger partial charge is 0.302 e. The number of Topliss-reactive ketones (excluding diaryl/α,β-unsaturated/α-hetero) is 2. The monoisotopic (exact) mass is 490 g/mol. The number of fused-ring (bicyclic) bond motifs is 3. The standard InChI is InChI=1S/C26H34O9/c1-11-15-8-17(33-12(2)27)21-25(7)19(34-13(3)28)9-18(31)24(5,6)20(25)16(30)10-26(21,22(11)32)23(15)35-14(4)29/h15,17-21,23,31H,1,8-10H2,2-7H3/t15-,17-,18+,19-,20-,21+,23-,25-,26-/m1/s1. The first kappa shape index (κ1) is 25.5. The van der Waals surface area contributed by atoms with Crippen LogP contribution in [0, 0.1) is 34.0 Å². The lowest BCUT2D eigenvalue weighted by Gasteiger charge is -2.66. The Balaban J connectivity index is 2.02. The highest BCUT2D eigenvalue weighted by Gasteiger charge is 2.79.